The molecule has 4 rings (SSSR count). The minimum Gasteiger partial charge on any atom is -0.350 e. The van der Waals surface area contributed by atoms with Crippen molar-refractivity contribution in [1.29, 1.82) is 0 Å². The zero-order valence-corrected chi connectivity index (χ0v) is 13.5. The van der Waals surface area contributed by atoms with Crippen molar-refractivity contribution in [1.82, 2.24) is 15.2 Å². The van der Waals surface area contributed by atoms with Crippen molar-refractivity contribution in [3.63, 3.8) is 0 Å². The van der Waals surface area contributed by atoms with Gasteiger partial charge in [0.25, 0.3) is 0 Å². The van der Waals surface area contributed by atoms with Crippen LogP contribution in [-0.4, -0.2) is 34.2 Å². The normalized spacial score (nSPS) is 31.1. The monoisotopic (exact) mass is 331 g/mol. The minimum absolute atomic E-state index is 0.175. The van der Waals surface area contributed by atoms with Crippen molar-refractivity contribution < 1.29 is 14.4 Å². The Balaban J connectivity index is 1.40. The number of fused-ring (bicyclic) bond motifs is 5. The van der Waals surface area contributed by atoms with Gasteiger partial charge < -0.3 is 5.32 Å². The Bertz CT molecular complexity index is 696. The molecule has 3 aliphatic rings. The second-order valence-corrected chi connectivity index (χ2v) is 7.34. The van der Waals surface area contributed by atoms with Crippen LogP contribution >= 0.6 is 11.3 Å². The van der Waals surface area contributed by atoms with Crippen LogP contribution in [0.4, 0.5) is 0 Å². The number of rotatable bonds is 4. The molecule has 1 aliphatic heterocycles. The summed E-state index contributed by atoms with van der Waals surface area (Å²) >= 11 is 1.48. The highest BCUT2D eigenvalue weighted by molar-refractivity contribution is 7.09. The molecule has 2 bridgehead atoms. The fourth-order valence-corrected chi connectivity index (χ4v) is 4.71. The van der Waals surface area contributed by atoms with E-state index in [9.17, 15) is 14.4 Å². The Morgan fingerprint density at radius 2 is 1.96 bits per heavy atom. The first-order valence-corrected chi connectivity index (χ1v) is 8.63. The van der Waals surface area contributed by atoms with Crippen LogP contribution in [0.1, 0.15) is 17.0 Å². The van der Waals surface area contributed by atoms with E-state index >= 15 is 0 Å². The summed E-state index contributed by atoms with van der Waals surface area (Å²) in [6.45, 7) is 2.09. The van der Waals surface area contributed by atoms with Crippen LogP contribution in [0.3, 0.4) is 0 Å². The highest BCUT2D eigenvalue weighted by atomic mass is 32.1. The van der Waals surface area contributed by atoms with Gasteiger partial charge in [0.15, 0.2) is 0 Å². The van der Waals surface area contributed by atoms with Crippen LogP contribution in [0.2, 0.25) is 0 Å². The van der Waals surface area contributed by atoms with E-state index < -0.39 is 0 Å². The SMILES string of the molecule is Cc1ncsc1CNC(=O)CN1C(=O)[C@H]2[C@H](C1=O)[C@H]1C=C[C@H]2C1. The van der Waals surface area contributed by atoms with Gasteiger partial charge in [0, 0.05) is 4.88 Å². The van der Waals surface area contributed by atoms with Crippen molar-refractivity contribution in [2.75, 3.05) is 6.54 Å². The molecule has 23 heavy (non-hydrogen) atoms. The third-order valence-electron chi connectivity index (χ3n) is 5.15. The standard InChI is InChI=1S/C16H17N3O3S/c1-8-11(23-7-18-8)5-17-12(20)6-19-15(21)13-9-2-3-10(4-9)14(13)16(19)22/h2-3,7,9-10,13-14H,4-6H2,1H3,(H,17,20)/t9-,10-,13+,14+/m0/s1. The Morgan fingerprint density at radius 3 is 2.52 bits per heavy atom. The van der Waals surface area contributed by atoms with Crippen LogP contribution in [0.15, 0.2) is 17.7 Å². The van der Waals surface area contributed by atoms with Gasteiger partial charge in [-0.1, -0.05) is 12.2 Å². The molecule has 1 aromatic heterocycles. The third-order valence-corrected chi connectivity index (χ3v) is 6.09. The van der Waals surface area contributed by atoms with Crippen molar-refractivity contribution in [3.8, 4) is 0 Å². The number of nitrogens with one attached hydrogen (secondary N) is 1. The van der Waals surface area contributed by atoms with Gasteiger partial charge in [-0.25, -0.2) is 4.98 Å². The third kappa shape index (κ3) is 2.22. The first-order valence-electron chi connectivity index (χ1n) is 7.75. The smallest absolute Gasteiger partial charge is 0.240 e. The average Bonchev–Trinajstić information content (AvgIpc) is 3.27. The van der Waals surface area contributed by atoms with Gasteiger partial charge in [0.1, 0.15) is 6.54 Å². The molecule has 3 amide bonds. The van der Waals surface area contributed by atoms with E-state index in [4.69, 9.17) is 0 Å². The first-order chi connectivity index (χ1) is 11.1. The number of amides is 3. The molecule has 0 aromatic carbocycles. The summed E-state index contributed by atoms with van der Waals surface area (Å²) in [6.07, 6.45) is 5.00. The summed E-state index contributed by atoms with van der Waals surface area (Å²) in [6, 6.07) is 0. The van der Waals surface area contributed by atoms with Gasteiger partial charge in [0.05, 0.1) is 29.6 Å². The predicted octanol–water partition coefficient (Wildman–Crippen LogP) is 0.875. The van der Waals surface area contributed by atoms with Crippen LogP contribution in [0, 0.1) is 30.6 Å². The highest BCUT2D eigenvalue weighted by Crippen LogP contribution is 2.52. The summed E-state index contributed by atoms with van der Waals surface area (Å²) in [4.78, 5) is 43.4. The lowest BCUT2D eigenvalue weighted by atomic mass is 9.85. The quantitative estimate of drug-likeness (QED) is 0.656. The molecular weight excluding hydrogens is 314 g/mol. The molecule has 6 nitrogen and oxygen atoms in total. The second-order valence-electron chi connectivity index (χ2n) is 6.40. The number of hydrogen-bond acceptors (Lipinski definition) is 5. The van der Waals surface area contributed by atoms with E-state index in [1.54, 1.807) is 5.51 Å². The number of carbonyl (C=O) groups is 3. The van der Waals surface area contributed by atoms with Gasteiger partial charge >= 0.3 is 0 Å². The van der Waals surface area contributed by atoms with Crippen LogP contribution < -0.4 is 5.32 Å². The number of carbonyl (C=O) groups excluding carboxylic acids is 3. The molecule has 0 radical (unpaired) electrons. The number of thiazole rings is 1. The zero-order valence-electron chi connectivity index (χ0n) is 12.7. The maximum Gasteiger partial charge on any atom is 0.240 e. The first kappa shape index (κ1) is 14.6. The largest absolute Gasteiger partial charge is 0.350 e. The van der Waals surface area contributed by atoms with Crippen molar-refractivity contribution >= 4 is 29.1 Å². The van der Waals surface area contributed by atoms with Gasteiger partial charge in [0.2, 0.25) is 17.7 Å². The maximum absolute atomic E-state index is 12.5. The average molecular weight is 331 g/mol. The van der Waals surface area contributed by atoms with E-state index in [2.05, 4.69) is 10.3 Å². The van der Waals surface area contributed by atoms with Crippen LogP contribution in [-0.2, 0) is 20.9 Å². The lowest BCUT2D eigenvalue weighted by Crippen LogP contribution is -2.41. The molecule has 2 fully saturated rings. The fraction of sp³-hybridized carbons (Fsp3) is 0.500. The molecule has 1 saturated heterocycles. The van der Waals surface area contributed by atoms with E-state index in [1.807, 2.05) is 19.1 Å². The van der Waals surface area contributed by atoms with Crippen LogP contribution in [0.25, 0.3) is 0 Å². The maximum atomic E-state index is 12.5. The van der Waals surface area contributed by atoms with Gasteiger partial charge in [-0.2, -0.15) is 0 Å². The van der Waals surface area contributed by atoms with Gasteiger partial charge in [-0.3, -0.25) is 19.3 Å². The number of hydrogen-bond donors (Lipinski definition) is 1. The number of nitrogens with zero attached hydrogens (tertiary/aromatic N) is 2. The lowest BCUT2D eigenvalue weighted by molar-refractivity contribution is -0.144. The van der Waals surface area contributed by atoms with Crippen molar-refractivity contribution in [2.45, 2.75) is 19.9 Å². The second kappa shape index (κ2) is 5.26. The summed E-state index contributed by atoms with van der Waals surface area (Å²) < 4.78 is 0. The molecule has 120 valence electrons. The van der Waals surface area contributed by atoms with E-state index in [1.165, 1.54) is 11.3 Å². The lowest BCUT2D eigenvalue weighted by Gasteiger charge is -2.16. The highest BCUT2D eigenvalue weighted by Gasteiger charge is 2.59. The molecule has 0 spiro atoms. The molecular formula is C16H17N3O3S. The summed E-state index contributed by atoms with van der Waals surface area (Å²) in [5.41, 5.74) is 2.62. The number of likely N-dealkylation sites (tertiary alicyclic amines) is 1. The molecule has 4 atom stereocenters. The topological polar surface area (TPSA) is 79.4 Å². The number of allylic oxidation sites excluding steroid dienone is 2. The molecule has 7 heteroatoms. The molecule has 2 aliphatic carbocycles. The van der Waals surface area contributed by atoms with Crippen LogP contribution in [0.5, 0.6) is 0 Å². The molecule has 1 N–H and O–H groups in total. The number of imide groups is 1. The summed E-state index contributed by atoms with van der Waals surface area (Å²) in [7, 11) is 0. The Hall–Kier alpha value is -2.02. The van der Waals surface area contributed by atoms with Crippen molar-refractivity contribution in [2.24, 2.45) is 23.7 Å². The van der Waals surface area contributed by atoms with E-state index in [-0.39, 0.29) is 47.9 Å². The predicted molar refractivity (Wildman–Crippen MR) is 83.1 cm³/mol. The number of aryl methyl sites for hydroxylation is 1. The van der Waals surface area contributed by atoms with Gasteiger partial charge in [-0.15, -0.1) is 11.3 Å². The molecule has 1 aromatic rings. The Morgan fingerprint density at radius 1 is 1.30 bits per heavy atom. The summed E-state index contributed by atoms with van der Waals surface area (Å²) in [5, 5.41) is 2.77. The molecule has 2 heterocycles. The van der Waals surface area contributed by atoms with E-state index in [0.717, 1.165) is 21.9 Å². The van der Waals surface area contributed by atoms with Gasteiger partial charge in [-0.05, 0) is 25.2 Å². The van der Waals surface area contributed by atoms with Crippen molar-refractivity contribution in [3.05, 3.63) is 28.2 Å². The Kier molecular flexibility index (Phi) is 3.33. The van der Waals surface area contributed by atoms with E-state index in [0.29, 0.717) is 6.54 Å². The summed E-state index contributed by atoms with van der Waals surface area (Å²) in [5.74, 6) is -0.798. The molecule has 0 unspecified atom stereocenters. The fourth-order valence-electron chi connectivity index (χ4n) is 3.99. The minimum atomic E-state index is -0.306. The number of aromatic nitrogens is 1. The molecule has 1 saturated carbocycles. The zero-order chi connectivity index (χ0) is 16.1. The Labute approximate surface area is 137 Å².